The first-order valence-corrected chi connectivity index (χ1v) is 12.7. The maximum Gasteiger partial charge on any atom is 0.294 e. The smallest absolute Gasteiger partial charge is 0.294 e. The molecule has 6 rings (SSSR count). The molecule has 2 N–H and O–H groups in total. The Hall–Kier alpha value is -3.20. The van der Waals surface area contributed by atoms with Crippen LogP contribution in [0, 0.1) is 12.8 Å². The van der Waals surface area contributed by atoms with Crippen molar-refractivity contribution in [3.8, 4) is 11.1 Å². The van der Waals surface area contributed by atoms with Gasteiger partial charge in [-0.25, -0.2) is 0 Å². The largest absolute Gasteiger partial charge is 0.365 e. The third-order valence-electron chi connectivity index (χ3n) is 6.68. The molecule has 0 unspecified atom stereocenters. The van der Waals surface area contributed by atoms with E-state index in [0.29, 0.717) is 6.04 Å². The zero-order chi connectivity index (χ0) is 23.9. The van der Waals surface area contributed by atoms with Crippen molar-refractivity contribution in [3.05, 3.63) is 78.8 Å². The molecule has 4 aromatic rings. The standard InChI is InChI=1S/C19H20N4.C7H8O3S/c1-22-10-16-11-23(19(16)12-22)17-7-15(8-20-9-17)13-2-3-18-14(6-13)4-5-21-18;1-6-2-4-7(5-3-6)11(8,9)10/h2-9,16,19,21H,10-12H2,1H3;2-5H,1H3,(H,8,9,10)/t16-,19-;/m1./s1. The third kappa shape index (κ3) is 4.57. The fourth-order valence-corrected chi connectivity index (χ4v) is 5.31. The van der Waals surface area contributed by atoms with E-state index in [1.165, 1.54) is 52.9 Å². The second kappa shape index (κ2) is 8.87. The summed E-state index contributed by atoms with van der Waals surface area (Å²) in [6, 6.07) is 17.6. The molecular weight excluding hydrogens is 448 g/mol. The summed E-state index contributed by atoms with van der Waals surface area (Å²) in [5, 5.41) is 1.24. The number of hydrogen-bond donors (Lipinski definition) is 2. The minimum absolute atomic E-state index is 0.0666. The van der Waals surface area contributed by atoms with Gasteiger partial charge in [0.15, 0.2) is 0 Å². The van der Waals surface area contributed by atoms with Crippen molar-refractivity contribution in [2.75, 3.05) is 31.6 Å². The van der Waals surface area contributed by atoms with E-state index < -0.39 is 10.1 Å². The van der Waals surface area contributed by atoms with E-state index in [4.69, 9.17) is 4.55 Å². The van der Waals surface area contributed by atoms with Crippen LogP contribution < -0.4 is 4.90 Å². The number of benzene rings is 2. The van der Waals surface area contributed by atoms with Crippen LogP contribution in [0.4, 0.5) is 5.69 Å². The number of hydrogen-bond acceptors (Lipinski definition) is 5. The van der Waals surface area contributed by atoms with Crippen molar-refractivity contribution in [3.63, 3.8) is 0 Å². The van der Waals surface area contributed by atoms with Crippen LogP contribution in [-0.4, -0.2) is 60.6 Å². The number of nitrogens with one attached hydrogen (secondary N) is 1. The number of H-pyrrole nitrogens is 1. The van der Waals surface area contributed by atoms with E-state index in [-0.39, 0.29) is 4.90 Å². The number of fused-ring (bicyclic) bond motifs is 2. The molecule has 2 fully saturated rings. The van der Waals surface area contributed by atoms with Crippen LogP contribution in [0.2, 0.25) is 0 Å². The lowest BCUT2D eigenvalue weighted by atomic mass is 9.91. The van der Waals surface area contributed by atoms with E-state index in [9.17, 15) is 8.42 Å². The third-order valence-corrected chi connectivity index (χ3v) is 7.55. The van der Waals surface area contributed by atoms with Crippen molar-refractivity contribution < 1.29 is 13.0 Å². The summed E-state index contributed by atoms with van der Waals surface area (Å²) >= 11 is 0. The zero-order valence-corrected chi connectivity index (χ0v) is 20.0. The van der Waals surface area contributed by atoms with Crippen LogP contribution in [0.5, 0.6) is 0 Å². The Kier molecular flexibility index (Phi) is 5.89. The van der Waals surface area contributed by atoms with Crippen LogP contribution in [0.3, 0.4) is 0 Å². The minimum Gasteiger partial charge on any atom is -0.365 e. The van der Waals surface area contributed by atoms with Gasteiger partial charge in [0.2, 0.25) is 0 Å². The molecule has 0 bridgehead atoms. The van der Waals surface area contributed by atoms with Crippen molar-refractivity contribution in [2.45, 2.75) is 17.9 Å². The summed E-state index contributed by atoms with van der Waals surface area (Å²) in [5.74, 6) is 0.833. The second-order valence-corrected chi connectivity index (χ2v) is 10.6. The summed E-state index contributed by atoms with van der Waals surface area (Å²) in [5.41, 5.74) is 5.82. The molecule has 2 saturated heterocycles. The molecule has 176 valence electrons. The van der Waals surface area contributed by atoms with E-state index in [1.807, 2.05) is 25.5 Å². The molecule has 2 aromatic heterocycles. The Morgan fingerprint density at radius 2 is 1.76 bits per heavy atom. The van der Waals surface area contributed by atoms with Crippen molar-refractivity contribution in [1.82, 2.24) is 14.9 Å². The Balaban J connectivity index is 0.000000186. The highest BCUT2D eigenvalue weighted by atomic mass is 32.2. The summed E-state index contributed by atoms with van der Waals surface area (Å²) in [4.78, 5) is 12.6. The second-order valence-electron chi connectivity index (χ2n) is 9.20. The molecule has 2 atom stereocenters. The number of aryl methyl sites for hydroxylation is 1. The first kappa shape index (κ1) is 22.6. The lowest BCUT2D eigenvalue weighted by Gasteiger charge is -2.45. The van der Waals surface area contributed by atoms with Crippen molar-refractivity contribution >= 4 is 26.7 Å². The number of likely N-dealkylation sites (tertiary alicyclic amines) is 1. The van der Waals surface area contributed by atoms with Gasteiger partial charge >= 0.3 is 0 Å². The Morgan fingerprint density at radius 1 is 0.971 bits per heavy atom. The average molecular weight is 477 g/mol. The van der Waals surface area contributed by atoms with Gasteiger partial charge in [-0.05, 0) is 61.3 Å². The summed E-state index contributed by atoms with van der Waals surface area (Å²) < 4.78 is 29.6. The number of aromatic nitrogens is 2. The van der Waals surface area contributed by atoms with Gasteiger partial charge in [-0.15, -0.1) is 0 Å². The van der Waals surface area contributed by atoms with Crippen LogP contribution in [0.1, 0.15) is 5.56 Å². The summed E-state index contributed by atoms with van der Waals surface area (Å²) in [6.45, 7) is 5.41. The van der Waals surface area contributed by atoms with Gasteiger partial charge < -0.3 is 14.8 Å². The Morgan fingerprint density at radius 3 is 2.50 bits per heavy atom. The highest BCUT2D eigenvalue weighted by Crippen LogP contribution is 2.37. The molecule has 34 heavy (non-hydrogen) atoms. The van der Waals surface area contributed by atoms with Gasteiger partial charge in [-0.1, -0.05) is 23.8 Å². The predicted octanol–water partition coefficient (Wildman–Crippen LogP) is 4.22. The number of rotatable bonds is 3. The number of likely N-dealkylation sites (N-methyl/N-ethyl adjacent to an activating group) is 1. The summed E-state index contributed by atoms with van der Waals surface area (Å²) in [7, 11) is -1.80. The molecule has 0 aliphatic carbocycles. The summed E-state index contributed by atoms with van der Waals surface area (Å²) in [6.07, 6.45) is 5.96. The lowest BCUT2D eigenvalue weighted by molar-refractivity contribution is 0.361. The zero-order valence-electron chi connectivity index (χ0n) is 19.2. The number of pyridine rings is 1. The molecule has 2 aliphatic heterocycles. The van der Waals surface area contributed by atoms with Crippen LogP contribution in [-0.2, 0) is 10.1 Å². The molecule has 8 heteroatoms. The fraction of sp³-hybridized carbons (Fsp3) is 0.269. The van der Waals surface area contributed by atoms with Crippen molar-refractivity contribution in [2.24, 2.45) is 5.92 Å². The maximum absolute atomic E-state index is 10.5. The van der Waals surface area contributed by atoms with Gasteiger partial charge in [0.05, 0.1) is 16.8 Å². The highest BCUT2D eigenvalue weighted by molar-refractivity contribution is 7.85. The molecule has 0 spiro atoms. The first-order chi connectivity index (χ1) is 16.3. The molecule has 0 amide bonds. The van der Waals surface area contributed by atoms with Crippen LogP contribution in [0.15, 0.2) is 78.1 Å². The Labute approximate surface area is 199 Å². The topological polar surface area (TPSA) is 89.5 Å². The van der Waals surface area contributed by atoms with E-state index in [2.05, 4.69) is 57.1 Å². The molecule has 4 heterocycles. The molecule has 2 aromatic carbocycles. The van der Waals surface area contributed by atoms with E-state index in [1.54, 1.807) is 12.1 Å². The number of nitrogens with zero attached hydrogens (tertiary/aromatic N) is 3. The molecule has 2 aliphatic rings. The first-order valence-electron chi connectivity index (χ1n) is 11.3. The fourth-order valence-electron chi connectivity index (χ4n) is 4.83. The monoisotopic (exact) mass is 476 g/mol. The minimum atomic E-state index is -4.02. The molecule has 0 radical (unpaired) electrons. The average Bonchev–Trinajstić information content (AvgIpc) is 3.39. The predicted molar refractivity (Wildman–Crippen MR) is 135 cm³/mol. The Bertz CT molecular complexity index is 1420. The lowest BCUT2D eigenvalue weighted by Crippen LogP contribution is -2.55. The maximum atomic E-state index is 10.5. The SMILES string of the molecule is CN1C[C@@H]2CN(c3cncc(-c4ccc5[nH]ccc5c4)c3)[C@@H]2C1.Cc1ccc(S(=O)(=O)O)cc1. The van der Waals surface area contributed by atoms with Gasteiger partial charge in [0.1, 0.15) is 0 Å². The quantitative estimate of drug-likeness (QED) is 0.431. The van der Waals surface area contributed by atoms with Crippen molar-refractivity contribution in [1.29, 1.82) is 0 Å². The van der Waals surface area contributed by atoms with Gasteiger partial charge in [0.25, 0.3) is 10.1 Å². The number of aromatic amines is 1. The number of anilines is 1. The van der Waals surface area contributed by atoms with E-state index >= 15 is 0 Å². The van der Waals surface area contributed by atoms with Gasteiger partial charge in [0, 0.05) is 55.1 Å². The normalized spacial score (nSPS) is 19.9. The highest BCUT2D eigenvalue weighted by Gasteiger charge is 2.44. The van der Waals surface area contributed by atoms with E-state index in [0.717, 1.165) is 18.0 Å². The molecule has 7 nitrogen and oxygen atoms in total. The molecular formula is C26H28N4O3S. The van der Waals surface area contributed by atoms with Gasteiger partial charge in [-0.3, -0.25) is 9.54 Å². The van der Waals surface area contributed by atoms with Gasteiger partial charge in [-0.2, -0.15) is 8.42 Å². The molecule has 0 saturated carbocycles. The van der Waals surface area contributed by atoms with Crippen LogP contribution >= 0.6 is 0 Å². The van der Waals surface area contributed by atoms with Crippen LogP contribution in [0.25, 0.3) is 22.0 Å².